The Morgan fingerprint density at radius 1 is 1.44 bits per heavy atom. The largest absolute Gasteiger partial charge is 0.396 e. The fraction of sp³-hybridized carbons (Fsp3) is 0.462. The lowest BCUT2D eigenvalue weighted by Crippen LogP contribution is -2.25. The van der Waals surface area contributed by atoms with Crippen LogP contribution >= 0.6 is 0 Å². The molecule has 3 nitrogen and oxygen atoms in total. The normalized spacial score (nSPS) is 12.8. The van der Waals surface area contributed by atoms with Crippen molar-refractivity contribution in [3.05, 3.63) is 29.8 Å². The summed E-state index contributed by atoms with van der Waals surface area (Å²) in [5, 5.41) is 7.88. The second-order valence-corrected chi connectivity index (χ2v) is 3.77. The van der Waals surface area contributed by atoms with Crippen molar-refractivity contribution in [3.8, 4) is 0 Å². The monoisotopic (exact) mass is 221 g/mol. The van der Waals surface area contributed by atoms with E-state index in [0.717, 1.165) is 25.1 Å². The molecule has 0 spiro atoms. The molecular weight excluding hydrogens is 202 g/mol. The van der Waals surface area contributed by atoms with Crippen LogP contribution in [0.2, 0.25) is 0 Å². The summed E-state index contributed by atoms with van der Waals surface area (Å²) < 4.78 is 0. The number of carbonyl (C=O) groups is 1. The van der Waals surface area contributed by atoms with Gasteiger partial charge >= 0.3 is 0 Å². The first kappa shape index (κ1) is 12.7. The van der Waals surface area contributed by atoms with E-state index in [2.05, 4.69) is 6.07 Å². The minimum absolute atomic E-state index is 0.139. The van der Waals surface area contributed by atoms with Crippen LogP contribution in [0.1, 0.15) is 25.8 Å². The molecule has 0 saturated carbocycles. The molecule has 0 saturated heterocycles. The van der Waals surface area contributed by atoms with E-state index in [1.54, 1.807) is 6.92 Å². The summed E-state index contributed by atoms with van der Waals surface area (Å²) in [5.74, 6) is 0.139. The molecule has 1 aromatic rings. The molecule has 1 aromatic carbocycles. The summed E-state index contributed by atoms with van der Waals surface area (Å²) >= 11 is 0. The van der Waals surface area contributed by atoms with Crippen molar-refractivity contribution in [1.82, 2.24) is 0 Å². The molecule has 0 radical (unpaired) electrons. The number of hydrogen-bond acceptors (Lipinski definition) is 2. The quantitative estimate of drug-likeness (QED) is 0.787. The Bertz CT molecular complexity index is 348. The van der Waals surface area contributed by atoms with E-state index in [9.17, 15) is 4.79 Å². The number of rotatable bonds is 1. The Hall–Kier alpha value is -1.35. The van der Waals surface area contributed by atoms with E-state index in [4.69, 9.17) is 5.11 Å². The number of fused-ring (bicyclic) bond motifs is 1. The topological polar surface area (TPSA) is 40.5 Å². The summed E-state index contributed by atoms with van der Waals surface area (Å²) in [6, 6.07) is 8.07. The zero-order valence-electron chi connectivity index (χ0n) is 9.94. The van der Waals surface area contributed by atoms with Gasteiger partial charge in [-0.25, -0.2) is 0 Å². The Balaban J connectivity index is 0.000000280. The molecular formula is C13H19NO2. The van der Waals surface area contributed by atoms with Crippen LogP contribution in [0.5, 0.6) is 0 Å². The fourth-order valence-electron chi connectivity index (χ4n) is 1.67. The SMILES string of the molecule is CC(=O)N1CCc2ccccc21.CCCO. The standard InChI is InChI=1S/C10H11NO.C3H8O/c1-8(12)11-7-6-9-4-2-3-5-10(9)11;1-2-3-4/h2-5H,6-7H2,1H3;4H,2-3H2,1H3. The highest BCUT2D eigenvalue weighted by atomic mass is 16.2. The van der Waals surface area contributed by atoms with E-state index in [1.165, 1.54) is 5.56 Å². The molecule has 0 bridgehead atoms. The minimum atomic E-state index is 0.139. The number of aliphatic hydroxyl groups is 1. The zero-order chi connectivity index (χ0) is 12.0. The van der Waals surface area contributed by atoms with Crippen LogP contribution in [0.15, 0.2) is 24.3 Å². The molecule has 1 aliphatic rings. The molecule has 0 aromatic heterocycles. The highest BCUT2D eigenvalue weighted by Crippen LogP contribution is 2.26. The summed E-state index contributed by atoms with van der Waals surface area (Å²) in [6.07, 6.45) is 1.87. The molecule has 0 unspecified atom stereocenters. The number of para-hydroxylation sites is 1. The lowest BCUT2D eigenvalue weighted by atomic mass is 10.2. The summed E-state index contributed by atoms with van der Waals surface area (Å²) in [7, 11) is 0. The molecule has 3 heteroatoms. The summed E-state index contributed by atoms with van der Waals surface area (Å²) in [6.45, 7) is 4.71. The molecule has 1 N–H and O–H groups in total. The molecule has 0 fully saturated rings. The predicted octanol–water partition coefficient (Wildman–Crippen LogP) is 1.98. The van der Waals surface area contributed by atoms with Crippen LogP contribution in [-0.2, 0) is 11.2 Å². The molecule has 0 atom stereocenters. The van der Waals surface area contributed by atoms with Crippen LogP contribution in [0.4, 0.5) is 5.69 Å². The third-order valence-electron chi connectivity index (χ3n) is 2.49. The van der Waals surface area contributed by atoms with Crippen LogP contribution in [0.3, 0.4) is 0 Å². The van der Waals surface area contributed by atoms with Gasteiger partial charge in [0.1, 0.15) is 0 Å². The molecule has 2 rings (SSSR count). The fourth-order valence-corrected chi connectivity index (χ4v) is 1.67. The van der Waals surface area contributed by atoms with Gasteiger partial charge in [-0.1, -0.05) is 25.1 Å². The average Bonchev–Trinajstić information content (AvgIpc) is 2.73. The van der Waals surface area contributed by atoms with Crippen LogP contribution in [0, 0.1) is 0 Å². The molecule has 1 heterocycles. The van der Waals surface area contributed by atoms with E-state index >= 15 is 0 Å². The van der Waals surface area contributed by atoms with E-state index in [1.807, 2.05) is 30.0 Å². The number of carbonyl (C=O) groups excluding carboxylic acids is 1. The van der Waals surface area contributed by atoms with E-state index in [-0.39, 0.29) is 5.91 Å². The predicted molar refractivity (Wildman–Crippen MR) is 65.5 cm³/mol. The van der Waals surface area contributed by atoms with Crippen molar-refractivity contribution in [1.29, 1.82) is 0 Å². The smallest absolute Gasteiger partial charge is 0.223 e. The average molecular weight is 221 g/mol. The van der Waals surface area contributed by atoms with E-state index < -0.39 is 0 Å². The molecule has 16 heavy (non-hydrogen) atoms. The first-order valence-corrected chi connectivity index (χ1v) is 5.67. The van der Waals surface area contributed by atoms with Gasteiger partial charge in [0.25, 0.3) is 0 Å². The van der Waals surface area contributed by atoms with Gasteiger partial charge in [-0.2, -0.15) is 0 Å². The number of aliphatic hydroxyl groups excluding tert-OH is 1. The highest BCUT2D eigenvalue weighted by molar-refractivity contribution is 5.93. The number of nitrogens with zero attached hydrogens (tertiary/aromatic N) is 1. The Morgan fingerprint density at radius 2 is 2.06 bits per heavy atom. The maximum absolute atomic E-state index is 11.1. The first-order chi connectivity index (χ1) is 7.70. The zero-order valence-corrected chi connectivity index (χ0v) is 9.94. The van der Waals surface area contributed by atoms with Gasteiger partial charge in [-0.15, -0.1) is 0 Å². The second-order valence-electron chi connectivity index (χ2n) is 3.77. The maximum atomic E-state index is 11.1. The number of benzene rings is 1. The van der Waals surface area contributed by atoms with Gasteiger partial charge in [0.2, 0.25) is 5.91 Å². The van der Waals surface area contributed by atoms with Crippen LogP contribution in [-0.4, -0.2) is 24.2 Å². The minimum Gasteiger partial charge on any atom is -0.396 e. The number of amides is 1. The lowest BCUT2D eigenvalue weighted by Gasteiger charge is -2.13. The van der Waals surface area contributed by atoms with E-state index in [0.29, 0.717) is 6.61 Å². The van der Waals surface area contributed by atoms with Crippen molar-refractivity contribution >= 4 is 11.6 Å². The molecule has 88 valence electrons. The van der Waals surface area contributed by atoms with Crippen LogP contribution in [0.25, 0.3) is 0 Å². The summed E-state index contributed by atoms with van der Waals surface area (Å²) in [4.78, 5) is 13.0. The Labute approximate surface area is 96.7 Å². The third-order valence-corrected chi connectivity index (χ3v) is 2.49. The maximum Gasteiger partial charge on any atom is 0.223 e. The Kier molecular flexibility index (Phi) is 4.99. The molecule has 0 aliphatic carbocycles. The van der Waals surface area contributed by atoms with Gasteiger partial charge in [-0.3, -0.25) is 4.79 Å². The molecule has 1 aliphatic heterocycles. The Morgan fingerprint density at radius 3 is 2.62 bits per heavy atom. The van der Waals surface area contributed by atoms with Crippen molar-refractivity contribution in [2.24, 2.45) is 0 Å². The third kappa shape index (κ3) is 3.07. The van der Waals surface area contributed by atoms with Gasteiger partial charge in [0.15, 0.2) is 0 Å². The van der Waals surface area contributed by atoms with Crippen molar-refractivity contribution in [2.45, 2.75) is 26.7 Å². The van der Waals surface area contributed by atoms with Crippen molar-refractivity contribution < 1.29 is 9.90 Å². The van der Waals surface area contributed by atoms with Gasteiger partial charge in [0, 0.05) is 25.8 Å². The van der Waals surface area contributed by atoms with Gasteiger partial charge in [0.05, 0.1) is 0 Å². The summed E-state index contributed by atoms with van der Waals surface area (Å²) in [5.41, 5.74) is 2.37. The van der Waals surface area contributed by atoms with Crippen molar-refractivity contribution in [3.63, 3.8) is 0 Å². The highest BCUT2D eigenvalue weighted by Gasteiger charge is 2.20. The number of anilines is 1. The van der Waals surface area contributed by atoms with Gasteiger partial charge in [-0.05, 0) is 24.5 Å². The second kappa shape index (κ2) is 6.28. The first-order valence-electron chi connectivity index (χ1n) is 5.67. The van der Waals surface area contributed by atoms with Crippen molar-refractivity contribution in [2.75, 3.05) is 18.1 Å². The van der Waals surface area contributed by atoms with Gasteiger partial charge < -0.3 is 10.0 Å². The molecule has 1 amide bonds. The number of hydrogen-bond donors (Lipinski definition) is 1. The lowest BCUT2D eigenvalue weighted by molar-refractivity contribution is -0.116. The van der Waals surface area contributed by atoms with Crippen LogP contribution < -0.4 is 4.90 Å².